The molecule has 0 saturated heterocycles. The van der Waals surface area contributed by atoms with Gasteiger partial charge < -0.3 is 33.8 Å². The molecule has 624 valence electrons. The lowest BCUT2D eigenvalue weighted by Crippen LogP contribution is -2.30. The third-order valence-corrected chi connectivity index (χ3v) is 22.0. The first-order chi connectivity index (χ1) is 50.7. The second-order valence-electron chi connectivity index (χ2n) is 32.4. The highest BCUT2D eigenvalue weighted by Crippen LogP contribution is 2.45. The summed E-state index contributed by atoms with van der Waals surface area (Å²) in [6.07, 6.45) is 66.9. The van der Waals surface area contributed by atoms with Crippen molar-refractivity contribution in [1.29, 1.82) is 0 Å². The van der Waals surface area contributed by atoms with Crippen LogP contribution in [0.5, 0.6) is 0 Å². The summed E-state index contributed by atoms with van der Waals surface area (Å²) in [5.74, 6) is 0.173. The number of esters is 4. The fraction of sp³-hybridized carbons (Fsp3) is 0.953. The monoisotopic (exact) mass is 1540 g/mol. The van der Waals surface area contributed by atoms with Gasteiger partial charge in [-0.3, -0.25) is 37.3 Å². The van der Waals surface area contributed by atoms with Gasteiger partial charge in [-0.2, -0.15) is 0 Å². The number of ether oxygens (including phenoxy) is 4. The Kier molecular flexibility index (Phi) is 74.7. The second-order valence-corrected chi connectivity index (χ2v) is 35.3. The summed E-state index contributed by atoms with van der Waals surface area (Å²) in [6.45, 7) is 11.9. The van der Waals surface area contributed by atoms with E-state index in [0.717, 1.165) is 108 Å². The number of aliphatic hydroxyl groups excluding tert-OH is 1. The summed E-state index contributed by atoms with van der Waals surface area (Å²) < 4.78 is 68.9. The molecule has 0 fully saturated rings. The molecule has 0 radical (unpaired) electrons. The Bertz CT molecular complexity index is 2030. The summed E-state index contributed by atoms with van der Waals surface area (Å²) in [7, 11) is -9.93. The van der Waals surface area contributed by atoms with Crippen LogP contribution in [-0.4, -0.2) is 96.7 Å². The number of aliphatic hydroxyl groups is 1. The molecule has 0 rings (SSSR count). The van der Waals surface area contributed by atoms with E-state index < -0.39 is 97.5 Å². The first-order valence-electron chi connectivity index (χ1n) is 44.3. The van der Waals surface area contributed by atoms with Crippen LogP contribution in [0.1, 0.15) is 453 Å². The standard InChI is InChI=1S/C86H168O17P2/c1-8-9-10-11-12-13-14-15-16-17-18-19-20-21-24-31-36-41-46-55-62-69-85(90)102-81(73-96-83(88)67-60-53-45-40-35-30-25-22-23-28-33-38-43-50-57-64-77(2)3)75-100-104(92,93)98-71-80(87)72-99-105(94,95)101-76-82(74-97-84(89)68-61-54-49-48-52-59-66-79(6)7)103-86(91)70-63-56-47-42-37-32-27-26-29-34-39-44-51-58-65-78(4)5/h77-82,87H,8-76H2,1-7H3,(H,92,93)(H,94,95)/t80-,81-,82-/m1/s1. The summed E-state index contributed by atoms with van der Waals surface area (Å²) in [5.41, 5.74) is 0. The van der Waals surface area contributed by atoms with Gasteiger partial charge in [-0.1, -0.05) is 402 Å². The van der Waals surface area contributed by atoms with Gasteiger partial charge in [0.2, 0.25) is 0 Å². The highest BCUT2D eigenvalue weighted by atomic mass is 31.2. The van der Waals surface area contributed by atoms with Crippen molar-refractivity contribution in [3.63, 3.8) is 0 Å². The highest BCUT2D eigenvalue weighted by Gasteiger charge is 2.30. The summed E-state index contributed by atoms with van der Waals surface area (Å²) in [6, 6.07) is 0. The molecule has 0 aliphatic rings. The number of phosphoric acid groups is 2. The van der Waals surface area contributed by atoms with Gasteiger partial charge in [0.05, 0.1) is 26.4 Å². The topological polar surface area (TPSA) is 237 Å². The number of unbranched alkanes of at least 4 members (excludes halogenated alkanes) is 52. The van der Waals surface area contributed by atoms with Crippen molar-refractivity contribution in [3.8, 4) is 0 Å². The molecule has 0 heterocycles. The minimum atomic E-state index is -4.97. The summed E-state index contributed by atoms with van der Waals surface area (Å²) in [4.78, 5) is 73.2. The Hall–Kier alpha value is -1.94. The predicted molar refractivity (Wildman–Crippen MR) is 432 cm³/mol. The van der Waals surface area contributed by atoms with Crippen molar-refractivity contribution in [2.45, 2.75) is 471 Å². The number of hydrogen-bond acceptors (Lipinski definition) is 15. The van der Waals surface area contributed by atoms with E-state index >= 15 is 0 Å². The van der Waals surface area contributed by atoms with Gasteiger partial charge in [-0.25, -0.2) is 9.13 Å². The van der Waals surface area contributed by atoms with Gasteiger partial charge in [0.15, 0.2) is 12.2 Å². The minimum absolute atomic E-state index is 0.107. The molecule has 2 unspecified atom stereocenters. The van der Waals surface area contributed by atoms with Crippen molar-refractivity contribution >= 4 is 39.5 Å². The Morgan fingerprint density at radius 1 is 0.257 bits per heavy atom. The third-order valence-electron chi connectivity index (χ3n) is 20.1. The molecule has 0 bridgehead atoms. The van der Waals surface area contributed by atoms with E-state index in [9.17, 15) is 43.2 Å². The van der Waals surface area contributed by atoms with E-state index in [2.05, 4.69) is 48.5 Å². The number of phosphoric ester groups is 2. The summed E-state index contributed by atoms with van der Waals surface area (Å²) >= 11 is 0. The molecule has 0 aliphatic heterocycles. The molecule has 5 atom stereocenters. The lowest BCUT2D eigenvalue weighted by Gasteiger charge is -2.21. The zero-order chi connectivity index (χ0) is 77.2. The Morgan fingerprint density at radius 3 is 0.648 bits per heavy atom. The quantitative estimate of drug-likeness (QED) is 0.0222. The van der Waals surface area contributed by atoms with Crippen LogP contribution in [0.15, 0.2) is 0 Å². The van der Waals surface area contributed by atoms with E-state index in [0.29, 0.717) is 31.6 Å². The lowest BCUT2D eigenvalue weighted by molar-refractivity contribution is -0.161. The molecule has 3 N–H and O–H groups in total. The SMILES string of the molecule is CCCCCCCCCCCCCCCCCCCCCCCC(=O)O[C@H](COC(=O)CCCCCCCCCCCCCCCCCC(C)C)COP(=O)(O)OC[C@@H](O)COP(=O)(O)OC[C@@H](COC(=O)CCCCCCCCC(C)C)OC(=O)CCCCCCCCCCCCCCCCC(C)C. The van der Waals surface area contributed by atoms with Gasteiger partial charge in [-0.05, 0) is 43.4 Å². The molecule has 0 aliphatic carbocycles. The van der Waals surface area contributed by atoms with Crippen LogP contribution in [0.3, 0.4) is 0 Å². The van der Waals surface area contributed by atoms with Crippen molar-refractivity contribution in [3.05, 3.63) is 0 Å². The number of hydrogen-bond donors (Lipinski definition) is 3. The first-order valence-corrected chi connectivity index (χ1v) is 47.3. The smallest absolute Gasteiger partial charge is 0.462 e. The molecule has 17 nitrogen and oxygen atoms in total. The molecule has 0 aromatic rings. The zero-order valence-corrected chi connectivity index (χ0v) is 71.0. The number of rotatable bonds is 84. The summed E-state index contributed by atoms with van der Waals surface area (Å²) in [5, 5.41) is 10.7. The fourth-order valence-corrected chi connectivity index (χ4v) is 14.9. The maximum absolute atomic E-state index is 13.1. The zero-order valence-electron chi connectivity index (χ0n) is 69.2. The van der Waals surface area contributed by atoms with Crippen molar-refractivity contribution in [2.24, 2.45) is 17.8 Å². The van der Waals surface area contributed by atoms with Crippen molar-refractivity contribution < 1.29 is 80.2 Å². The van der Waals surface area contributed by atoms with Crippen LogP contribution in [0.2, 0.25) is 0 Å². The molecule has 105 heavy (non-hydrogen) atoms. The van der Waals surface area contributed by atoms with Crippen LogP contribution >= 0.6 is 15.6 Å². The average molecular weight is 1540 g/mol. The van der Waals surface area contributed by atoms with Gasteiger partial charge >= 0.3 is 39.5 Å². The largest absolute Gasteiger partial charge is 0.472 e. The van der Waals surface area contributed by atoms with E-state index in [-0.39, 0.29) is 25.7 Å². The molecule has 19 heteroatoms. The van der Waals surface area contributed by atoms with Gasteiger partial charge in [0.25, 0.3) is 0 Å². The molecule has 0 saturated carbocycles. The minimum Gasteiger partial charge on any atom is -0.462 e. The Balaban J connectivity index is 5.21. The van der Waals surface area contributed by atoms with Gasteiger partial charge in [-0.15, -0.1) is 0 Å². The molecule has 0 aromatic carbocycles. The maximum Gasteiger partial charge on any atom is 0.472 e. The van der Waals surface area contributed by atoms with Crippen molar-refractivity contribution in [1.82, 2.24) is 0 Å². The molecular formula is C86H168O17P2. The van der Waals surface area contributed by atoms with E-state index in [4.69, 9.17) is 37.0 Å². The first kappa shape index (κ1) is 103. The Labute approximate surface area is 645 Å². The number of carbonyl (C=O) groups is 4. The molecule has 0 aromatic heterocycles. The number of carbonyl (C=O) groups excluding carboxylic acids is 4. The normalized spacial score (nSPS) is 13.9. The maximum atomic E-state index is 13.1. The van der Waals surface area contributed by atoms with Crippen LogP contribution in [0.25, 0.3) is 0 Å². The average Bonchev–Trinajstić information content (AvgIpc) is 0.907. The van der Waals surface area contributed by atoms with Crippen LogP contribution in [-0.2, 0) is 65.4 Å². The van der Waals surface area contributed by atoms with Crippen LogP contribution in [0.4, 0.5) is 0 Å². The molecule has 0 amide bonds. The predicted octanol–water partition coefficient (Wildman–Crippen LogP) is 26.1. The van der Waals surface area contributed by atoms with E-state index in [1.807, 2.05) is 0 Å². The van der Waals surface area contributed by atoms with E-state index in [1.165, 1.54) is 257 Å². The van der Waals surface area contributed by atoms with Crippen LogP contribution in [0, 0.1) is 17.8 Å². The second kappa shape index (κ2) is 76.1. The van der Waals surface area contributed by atoms with Gasteiger partial charge in [0.1, 0.15) is 19.3 Å². The molecule has 0 spiro atoms. The van der Waals surface area contributed by atoms with Gasteiger partial charge in [0, 0.05) is 25.7 Å². The van der Waals surface area contributed by atoms with E-state index in [1.54, 1.807) is 0 Å². The van der Waals surface area contributed by atoms with Crippen molar-refractivity contribution in [2.75, 3.05) is 39.6 Å². The molecular weight excluding hydrogens is 1370 g/mol. The highest BCUT2D eigenvalue weighted by molar-refractivity contribution is 7.47. The lowest BCUT2D eigenvalue weighted by atomic mass is 10.0. The third kappa shape index (κ3) is 79.9. The Morgan fingerprint density at radius 2 is 0.438 bits per heavy atom. The van der Waals surface area contributed by atoms with Crippen LogP contribution < -0.4 is 0 Å². The fourth-order valence-electron chi connectivity index (χ4n) is 13.4.